The van der Waals surface area contributed by atoms with Gasteiger partial charge >= 0.3 is 0 Å². The summed E-state index contributed by atoms with van der Waals surface area (Å²) in [6.07, 6.45) is 2.20. The van der Waals surface area contributed by atoms with E-state index in [1.165, 1.54) is 22.3 Å². The summed E-state index contributed by atoms with van der Waals surface area (Å²) in [5, 5.41) is 1.82. The largest absolute Gasteiger partial charge is 0.306 e. The number of anilines is 1. The van der Waals surface area contributed by atoms with E-state index in [-0.39, 0.29) is 0 Å². The van der Waals surface area contributed by atoms with Crippen LogP contribution in [0.5, 0.6) is 0 Å². The van der Waals surface area contributed by atoms with Gasteiger partial charge in [-0.05, 0) is 41.3 Å². The van der Waals surface area contributed by atoms with Gasteiger partial charge in [-0.25, -0.2) is 5.84 Å². The van der Waals surface area contributed by atoms with Crippen molar-refractivity contribution in [1.29, 1.82) is 0 Å². The summed E-state index contributed by atoms with van der Waals surface area (Å²) in [6, 6.07) is 16.7. The first kappa shape index (κ1) is 11.1. The maximum Gasteiger partial charge on any atom is 0.0598 e. The van der Waals surface area contributed by atoms with Gasteiger partial charge in [0.1, 0.15) is 0 Å². The smallest absolute Gasteiger partial charge is 0.0598 e. The topological polar surface area (TPSA) is 29.3 Å². The van der Waals surface area contributed by atoms with E-state index in [4.69, 9.17) is 5.84 Å². The Morgan fingerprint density at radius 1 is 1.00 bits per heavy atom. The molecule has 1 heterocycles. The van der Waals surface area contributed by atoms with E-state index in [1.807, 2.05) is 17.1 Å². The van der Waals surface area contributed by atoms with Crippen LogP contribution in [0.1, 0.15) is 23.6 Å². The molecule has 0 saturated carbocycles. The molecule has 0 aromatic heterocycles. The van der Waals surface area contributed by atoms with Crippen LogP contribution in [0, 0.1) is 0 Å². The lowest BCUT2D eigenvalue weighted by Crippen LogP contribution is -2.31. The minimum absolute atomic E-state index is 0.734. The van der Waals surface area contributed by atoms with Gasteiger partial charge in [-0.3, -0.25) is 0 Å². The second-order valence-corrected chi connectivity index (χ2v) is 4.67. The minimum atomic E-state index is 0.734. The highest BCUT2D eigenvalue weighted by atomic mass is 15.4. The molecule has 2 N–H and O–H groups in total. The van der Waals surface area contributed by atoms with Crippen LogP contribution >= 0.6 is 0 Å². The molecular weight excluding hydrogens is 220 g/mol. The second kappa shape index (κ2) is 4.31. The molecule has 2 aromatic rings. The van der Waals surface area contributed by atoms with Crippen molar-refractivity contribution in [3.05, 3.63) is 65.2 Å². The van der Waals surface area contributed by atoms with Crippen molar-refractivity contribution < 1.29 is 0 Å². The number of nitrogens with zero attached hydrogens (tertiary/aromatic N) is 1. The van der Waals surface area contributed by atoms with E-state index in [0.717, 1.165) is 12.2 Å². The molecule has 2 nitrogen and oxygen atoms in total. The Hall–Kier alpha value is -2.06. The first-order valence-electron chi connectivity index (χ1n) is 6.13. The van der Waals surface area contributed by atoms with E-state index in [1.54, 1.807) is 0 Å². The number of para-hydroxylation sites is 1. The summed E-state index contributed by atoms with van der Waals surface area (Å²) in [4.78, 5) is 0. The molecule has 90 valence electrons. The summed E-state index contributed by atoms with van der Waals surface area (Å²) >= 11 is 0. The summed E-state index contributed by atoms with van der Waals surface area (Å²) in [7, 11) is 0. The zero-order chi connectivity index (χ0) is 12.5. The molecule has 0 unspecified atom stereocenters. The van der Waals surface area contributed by atoms with Crippen molar-refractivity contribution in [2.75, 3.05) is 5.01 Å². The number of nitrogens with two attached hydrogens (primary N) is 1. The maximum absolute atomic E-state index is 6.18. The molecule has 0 bridgehead atoms. The third kappa shape index (κ3) is 1.81. The van der Waals surface area contributed by atoms with E-state index in [9.17, 15) is 0 Å². The molecule has 0 radical (unpaired) electrons. The fourth-order valence-corrected chi connectivity index (χ4v) is 2.49. The summed E-state index contributed by atoms with van der Waals surface area (Å²) in [5.41, 5.74) is 6.08. The van der Waals surface area contributed by atoms with E-state index < -0.39 is 0 Å². The van der Waals surface area contributed by atoms with Crippen molar-refractivity contribution in [1.82, 2.24) is 0 Å². The van der Waals surface area contributed by atoms with Gasteiger partial charge in [-0.2, -0.15) is 0 Å². The van der Waals surface area contributed by atoms with Crippen molar-refractivity contribution in [3.8, 4) is 0 Å². The average molecular weight is 236 g/mol. The third-order valence-electron chi connectivity index (χ3n) is 3.40. The van der Waals surface area contributed by atoms with Crippen LogP contribution in [0.25, 0.3) is 11.6 Å². The van der Waals surface area contributed by atoms with Crippen LogP contribution in [-0.2, 0) is 6.54 Å². The van der Waals surface area contributed by atoms with Crippen LogP contribution in [0.15, 0.2) is 48.5 Å². The Bertz CT molecular complexity index is 614. The Kier molecular flexibility index (Phi) is 2.65. The number of hydrogen-bond acceptors (Lipinski definition) is 2. The maximum atomic E-state index is 6.18. The molecule has 0 amide bonds. The molecule has 0 saturated heterocycles. The quantitative estimate of drug-likeness (QED) is 0.710. The number of benzene rings is 2. The summed E-state index contributed by atoms with van der Waals surface area (Å²) in [6.45, 7) is 2.89. The van der Waals surface area contributed by atoms with Gasteiger partial charge in [-0.1, -0.05) is 42.5 Å². The minimum Gasteiger partial charge on any atom is -0.306 e. The third-order valence-corrected chi connectivity index (χ3v) is 3.40. The van der Waals surface area contributed by atoms with E-state index >= 15 is 0 Å². The van der Waals surface area contributed by atoms with Gasteiger partial charge in [0.25, 0.3) is 0 Å². The number of rotatable bonds is 0. The predicted octanol–water partition coefficient (Wildman–Crippen LogP) is 3.44. The number of hydrogen-bond donors (Lipinski definition) is 1. The molecule has 0 aliphatic carbocycles. The predicted molar refractivity (Wildman–Crippen MR) is 76.8 cm³/mol. The fraction of sp³-hybridized carbons (Fsp3) is 0.125. The molecule has 1 aliphatic heterocycles. The molecule has 2 heteroatoms. The molecule has 0 fully saturated rings. The standard InChI is InChI=1S/C16H16N2/c1-12-10-13-6-3-5-9-16(13)18(17)11-14-7-2-4-8-15(12)14/h2-10H,11,17H2,1H3/b12-10-. The fourth-order valence-electron chi connectivity index (χ4n) is 2.49. The number of hydrazine groups is 1. The molecule has 0 spiro atoms. The van der Waals surface area contributed by atoms with E-state index in [0.29, 0.717) is 0 Å². The highest BCUT2D eigenvalue weighted by molar-refractivity contribution is 5.86. The molecular formula is C16H16N2. The van der Waals surface area contributed by atoms with Crippen LogP contribution in [0.3, 0.4) is 0 Å². The monoisotopic (exact) mass is 236 g/mol. The average Bonchev–Trinajstić information content (AvgIpc) is 2.38. The molecule has 2 aromatic carbocycles. The molecule has 1 aliphatic rings. The first-order chi connectivity index (χ1) is 8.75. The summed E-state index contributed by atoms with van der Waals surface area (Å²) < 4.78 is 0. The van der Waals surface area contributed by atoms with Crippen molar-refractivity contribution in [2.45, 2.75) is 13.5 Å². The van der Waals surface area contributed by atoms with Gasteiger partial charge < -0.3 is 5.01 Å². The molecule has 0 atom stereocenters. The molecule has 18 heavy (non-hydrogen) atoms. The number of allylic oxidation sites excluding steroid dienone is 1. The summed E-state index contributed by atoms with van der Waals surface area (Å²) in [5.74, 6) is 6.18. The normalized spacial score (nSPS) is 17.0. The Balaban J connectivity index is 2.23. The van der Waals surface area contributed by atoms with Crippen molar-refractivity contribution in [3.63, 3.8) is 0 Å². The van der Waals surface area contributed by atoms with Crippen LogP contribution in [0.2, 0.25) is 0 Å². The zero-order valence-corrected chi connectivity index (χ0v) is 10.4. The highest BCUT2D eigenvalue weighted by Crippen LogP contribution is 2.30. The van der Waals surface area contributed by atoms with Gasteiger partial charge in [-0.15, -0.1) is 0 Å². The lowest BCUT2D eigenvalue weighted by molar-refractivity contribution is 0.848. The first-order valence-corrected chi connectivity index (χ1v) is 6.13. The SMILES string of the molecule is C/C1=C/c2ccccc2N(N)Cc2ccccc21. The van der Waals surface area contributed by atoms with Gasteiger partial charge in [0.2, 0.25) is 0 Å². The van der Waals surface area contributed by atoms with Gasteiger partial charge in [0, 0.05) is 0 Å². The Labute approximate surface area is 107 Å². The second-order valence-electron chi connectivity index (χ2n) is 4.67. The zero-order valence-electron chi connectivity index (χ0n) is 10.4. The van der Waals surface area contributed by atoms with E-state index in [2.05, 4.69) is 49.4 Å². The van der Waals surface area contributed by atoms with Crippen LogP contribution in [-0.4, -0.2) is 0 Å². The lowest BCUT2D eigenvalue weighted by atomic mass is 9.96. The Morgan fingerprint density at radius 3 is 2.61 bits per heavy atom. The lowest BCUT2D eigenvalue weighted by Gasteiger charge is -2.25. The van der Waals surface area contributed by atoms with Crippen LogP contribution < -0.4 is 10.9 Å². The highest BCUT2D eigenvalue weighted by Gasteiger charge is 2.13. The van der Waals surface area contributed by atoms with Gasteiger partial charge in [0.05, 0.1) is 12.2 Å². The van der Waals surface area contributed by atoms with Gasteiger partial charge in [0.15, 0.2) is 0 Å². The van der Waals surface area contributed by atoms with Crippen LogP contribution in [0.4, 0.5) is 5.69 Å². The Morgan fingerprint density at radius 2 is 1.72 bits per heavy atom. The number of fused-ring (bicyclic) bond motifs is 2. The molecule has 3 rings (SSSR count). The van der Waals surface area contributed by atoms with Crippen molar-refractivity contribution >= 4 is 17.3 Å². The van der Waals surface area contributed by atoms with Crippen molar-refractivity contribution in [2.24, 2.45) is 5.84 Å².